The molecule has 0 radical (unpaired) electrons. The zero-order valence-electron chi connectivity index (χ0n) is 19.9. The summed E-state index contributed by atoms with van der Waals surface area (Å²) in [5, 5.41) is 5.00. The van der Waals surface area contributed by atoms with Gasteiger partial charge in [-0.3, -0.25) is 4.98 Å². The van der Waals surface area contributed by atoms with Crippen molar-refractivity contribution < 1.29 is 4.74 Å². The van der Waals surface area contributed by atoms with Gasteiger partial charge in [0.05, 0.1) is 24.9 Å². The number of thiocarbonyl (C=S) groups is 1. The number of aryl methyl sites for hydroxylation is 1. The van der Waals surface area contributed by atoms with Gasteiger partial charge in [0, 0.05) is 34.8 Å². The Morgan fingerprint density at radius 1 is 1.03 bits per heavy atom. The maximum atomic E-state index is 6.15. The molecule has 0 bridgehead atoms. The van der Waals surface area contributed by atoms with Crippen molar-refractivity contribution in [2.45, 2.75) is 32.5 Å². The van der Waals surface area contributed by atoms with Gasteiger partial charge in [-0.15, -0.1) is 0 Å². The summed E-state index contributed by atoms with van der Waals surface area (Å²) in [6, 6.07) is 24.3. The molecular weight excluding hydrogens is 476 g/mol. The Morgan fingerprint density at radius 2 is 1.77 bits per heavy atom. The van der Waals surface area contributed by atoms with Crippen molar-refractivity contribution in [2.75, 3.05) is 7.11 Å². The summed E-state index contributed by atoms with van der Waals surface area (Å²) in [5.74, 6) is 0.838. The third kappa shape index (κ3) is 4.51. The number of methoxy groups -OCH3 is 1. The molecule has 178 valence electrons. The molecule has 2 aromatic carbocycles. The highest BCUT2D eigenvalue weighted by Gasteiger charge is 2.41. The maximum Gasteiger partial charge on any atom is 0.170 e. The van der Waals surface area contributed by atoms with Crippen molar-refractivity contribution >= 4 is 28.9 Å². The predicted octanol–water partition coefficient (Wildman–Crippen LogP) is 6.32. The van der Waals surface area contributed by atoms with Gasteiger partial charge in [-0.05, 0) is 91.8 Å². The lowest BCUT2D eigenvalue weighted by Gasteiger charge is -2.28. The molecule has 1 N–H and O–H groups in total. The van der Waals surface area contributed by atoms with E-state index in [0.29, 0.717) is 6.54 Å². The molecule has 2 unspecified atom stereocenters. The fourth-order valence-electron chi connectivity index (χ4n) is 4.92. The maximum absolute atomic E-state index is 6.15. The molecule has 3 heterocycles. The summed E-state index contributed by atoms with van der Waals surface area (Å²) in [6.07, 6.45) is 1.83. The third-order valence-electron chi connectivity index (χ3n) is 6.58. The van der Waals surface area contributed by atoms with Gasteiger partial charge < -0.3 is 19.5 Å². The molecule has 2 aromatic heterocycles. The Labute approximate surface area is 216 Å². The van der Waals surface area contributed by atoms with Crippen molar-refractivity contribution in [3.63, 3.8) is 0 Å². The summed E-state index contributed by atoms with van der Waals surface area (Å²) >= 11 is 12.0. The number of nitrogens with one attached hydrogen (secondary N) is 1. The Kier molecular flexibility index (Phi) is 6.50. The standard InChI is InChI=1S/C28H27ClN4OS/c1-18-16-24(19(2)33(18)22-11-9-21(29)10-12-22)27-26(25-6-4-5-15-30-25)31-28(35)32(27)17-20-7-13-23(34-3)14-8-20/h4-16,26-27H,17H2,1-3H3,(H,31,35). The van der Waals surface area contributed by atoms with Crippen LogP contribution in [0.5, 0.6) is 5.75 Å². The third-order valence-corrected chi connectivity index (χ3v) is 7.19. The van der Waals surface area contributed by atoms with Crippen LogP contribution in [0.25, 0.3) is 5.69 Å². The van der Waals surface area contributed by atoms with Gasteiger partial charge >= 0.3 is 0 Å². The monoisotopic (exact) mass is 502 g/mol. The van der Waals surface area contributed by atoms with Gasteiger partial charge in [-0.1, -0.05) is 29.8 Å². The number of rotatable bonds is 6. The van der Waals surface area contributed by atoms with E-state index in [1.165, 1.54) is 11.3 Å². The number of ether oxygens (including phenoxy) is 1. The highest BCUT2D eigenvalue weighted by molar-refractivity contribution is 7.80. The van der Waals surface area contributed by atoms with Gasteiger partial charge in [0.15, 0.2) is 5.11 Å². The Morgan fingerprint density at radius 3 is 2.43 bits per heavy atom. The van der Waals surface area contributed by atoms with Gasteiger partial charge in [0.2, 0.25) is 0 Å². The normalized spacial score (nSPS) is 17.5. The van der Waals surface area contributed by atoms with E-state index < -0.39 is 0 Å². The van der Waals surface area contributed by atoms with Crippen molar-refractivity contribution in [1.29, 1.82) is 0 Å². The number of halogens is 1. The number of pyridine rings is 1. The van der Waals surface area contributed by atoms with Crippen molar-refractivity contribution in [2.24, 2.45) is 0 Å². The highest BCUT2D eigenvalue weighted by atomic mass is 35.5. The van der Waals surface area contributed by atoms with Crippen LogP contribution in [0.3, 0.4) is 0 Å². The van der Waals surface area contributed by atoms with E-state index in [2.05, 4.69) is 70.0 Å². The fraction of sp³-hybridized carbons (Fsp3) is 0.214. The van der Waals surface area contributed by atoms with Crippen LogP contribution in [-0.4, -0.2) is 26.7 Å². The zero-order valence-corrected chi connectivity index (χ0v) is 21.5. The van der Waals surface area contributed by atoms with Gasteiger partial charge in [-0.25, -0.2) is 0 Å². The van der Waals surface area contributed by atoms with Gasteiger partial charge in [0.25, 0.3) is 0 Å². The summed E-state index contributed by atoms with van der Waals surface area (Å²) in [7, 11) is 1.68. The molecule has 0 aliphatic carbocycles. The van der Waals surface area contributed by atoms with Crippen LogP contribution in [-0.2, 0) is 6.54 Å². The molecule has 5 rings (SSSR count). The Balaban J connectivity index is 1.59. The predicted molar refractivity (Wildman–Crippen MR) is 144 cm³/mol. The summed E-state index contributed by atoms with van der Waals surface area (Å²) < 4.78 is 7.61. The molecule has 35 heavy (non-hydrogen) atoms. The van der Waals surface area contributed by atoms with Crippen LogP contribution >= 0.6 is 23.8 Å². The first kappa shape index (κ1) is 23.4. The first-order chi connectivity index (χ1) is 17.0. The molecule has 0 spiro atoms. The molecule has 7 heteroatoms. The molecular formula is C28H27ClN4OS. The van der Waals surface area contributed by atoms with Crippen molar-refractivity contribution in [1.82, 2.24) is 19.8 Å². The van der Waals surface area contributed by atoms with E-state index in [-0.39, 0.29) is 12.1 Å². The topological polar surface area (TPSA) is 42.3 Å². The Hall–Kier alpha value is -3.35. The molecule has 5 nitrogen and oxygen atoms in total. The minimum Gasteiger partial charge on any atom is -0.497 e. The smallest absolute Gasteiger partial charge is 0.170 e. The van der Waals surface area contributed by atoms with Crippen LogP contribution < -0.4 is 10.1 Å². The molecule has 1 aliphatic heterocycles. The quantitative estimate of drug-likeness (QED) is 0.312. The molecule has 1 aliphatic rings. The number of aromatic nitrogens is 2. The second kappa shape index (κ2) is 9.72. The summed E-state index contributed by atoms with van der Waals surface area (Å²) in [6.45, 7) is 4.98. The van der Waals surface area contributed by atoms with Crippen LogP contribution in [0, 0.1) is 13.8 Å². The van der Waals surface area contributed by atoms with Crippen LogP contribution in [0.15, 0.2) is 79.0 Å². The molecule has 1 fully saturated rings. The first-order valence-corrected chi connectivity index (χ1v) is 12.3. The van der Waals surface area contributed by atoms with E-state index in [4.69, 9.17) is 28.6 Å². The molecule has 0 amide bonds. The Bertz CT molecular complexity index is 1340. The zero-order chi connectivity index (χ0) is 24.5. The number of nitrogens with zero attached hydrogens (tertiary/aromatic N) is 3. The second-order valence-electron chi connectivity index (χ2n) is 8.74. The number of hydrogen-bond acceptors (Lipinski definition) is 3. The SMILES string of the molecule is COc1ccc(CN2C(=S)NC(c3ccccn3)C2c2cc(C)n(-c3ccc(Cl)cc3)c2C)cc1. The fourth-order valence-corrected chi connectivity index (χ4v) is 5.35. The van der Waals surface area contributed by atoms with Crippen LogP contribution in [0.4, 0.5) is 0 Å². The average Bonchev–Trinajstić information content (AvgIpc) is 3.35. The van der Waals surface area contributed by atoms with E-state index in [9.17, 15) is 0 Å². The lowest BCUT2D eigenvalue weighted by Crippen LogP contribution is -2.29. The van der Waals surface area contributed by atoms with Gasteiger partial charge in [-0.2, -0.15) is 0 Å². The van der Waals surface area contributed by atoms with Gasteiger partial charge in [0.1, 0.15) is 5.75 Å². The lowest BCUT2D eigenvalue weighted by molar-refractivity contribution is 0.310. The second-order valence-corrected chi connectivity index (χ2v) is 9.56. The highest BCUT2D eigenvalue weighted by Crippen LogP contribution is 2.42. The first-order valence-electron chi connectivity index (χ1n) is 11.5. The molecule has 2 atom stereocenters. The van der Waals surface area contributed by atoms with E-state index >= 15 is 0 Å². The van der Waals surface area contributed by atoms with E-state index in [1.807, 2.05) is 42.6 Å². The minimum absolute atomic E-state index is 0.0215. The van der Waals surface area contributed by atoms with E-state index in [0.717, 1.165) is 38.5 Å². The van der Waals surface area contributed by atoms with Crippen molar-refractivity contribution in [3.8, 4) is 11.4 Å². The minimum atomic E-state index is -0.0684. The molecule has 1 saturated heterocycles. The average molecular weight is 503 g/mol. The van der Waals surface area contributed by atoms with Crippen molar-refractivity contribution in [3.05, 3.63) is 112 Å². The number of hydrogen-bond donors (Lipinski definition) is 1. The molecule has 4 aromatic rings. The number of benzene rings is 2. The molecule has 0 saturated carbocycles. The van der Waals surface area contributed by atoms with Crippen LogP contribution in [0.1, 0.15) is 40.3 Å². The largest absolute Gasteiger partial charge is 0.497 e. The summed E-state index contributed by atoms with van der Waals surface area (Å²) in [5.41, 5.74) is 6.75. The van der Waals surface area contributed by atoms with Crippen LogP contribution in [0.2, 0.25) is 5.02 Å². The lowest BCUT2D eigenvalue weighted by atomic mass is 9.96. The van der Waals surface area contributed by atoms with E-state index in [1.54, 1.807) is 7.11 Å². The summed E-state index contributed by atoms with van der Waals surface area (Å²) in [4.78, 5) is 6.94.